The van der Waals surface area contributed by atoms with Gasteiger partial charge in [0.25, 0.3) is 0 Å². The number of nitrogens with zero attached hydrogens (tertiary/aromatic N) is 2. The monoisotopic (exact) mass is 305 g/mol. The number of allylic oxidation sites excluding steroid dienone is 1. The number of benzene rings is 2. The summed E-state index contributed by atoms with van der Waals surface area (Å²) in [5.74, 6) is -0.292. The zero-order valence-electron chi connectivity index (χ0n) is 12.7. The molecule has 0 fully saturated rings. The minimum atomic E-state index is -0.292. The van der Waals surface area contributed by atoms with Crippen molar-refractivity contribution in [3.63, 3.8) is 0 Å². The molecule has 0 atom stereocenters. The van der Waals surface area contributed by atoms with Crippen LogP contribution in [0.4, 0.5) is 10.1 Å². The Kier molecular flexibility index (Phi) is 4.43. The van der Waals surface area contributed by atoms with Crippen molar-refractivity contribution >= 4 is 28.9 Å². The molecule has 4 heteroatoms. The summed E-state index contributed by atoms with van der Waals surface area (Å²) in [6.07, 6.45) is 5.47. The number of halogens is 1. The molecule has 0 radical (unpaired) electrons. The van der Waals surface area contributed by atoms with Crippen molar-refractivity contribution in [2.24, 2.45) is 5.10 Å². The fourth-order valence-electron chi connectivity index (χ4n) is 2.29. The minimum Gasteiger partial charge on any atom is -0.278 e. The Balaban J connectivity index is 1.77. The predicted octanol–water partition coefficient (Wildman–Crippen LogP) is 4.79. The first-order valence-electron chi connectivity index (χ1n) is 7.30. The van der Waals surface area contributed by atoms with E-state index in [1.54, 1.807) is 12.3 Å². The molecule has 0 saturated heterocycles. The number of hydrogen-bond donors (Lipinski definition) is 1. The molecule has 0 bridgehead atoms. The van der Waals surface area contributed by atoms with E-state index in [1.807, 2.05) is 55.5 Å². The molecule has 1 N–H and O–H groups in total. The summed E-state index contributed by atoms with van der Waals surface area (Å²) >= 11 is 0. The van der Waals surface area contributed by atoms with Crippen molar-refractivity contribution in [2.75, 3.05) is 5.43 Å². The van der Waals surface area contributed by atoms with Crippen LogP contribution < -0.4 is 5.43 Å². The van der Waals surface area contributed by atoms with Gasteiger partial charge in [-0.15, -0.1) is 0 Å². The smallest absolute Gasteiger partial charge is 0.124 e. The number of pyridine rings is 1. The third kappa shape index (κ3) is 3.80. The van der Waals surface area contributed by atoms with Crippen LogP contribution in [0.15, 0.2) is 65.8 Å². The van der Waals surface area contributed by atoms with Crippen molar-refractivity contribution in [3.05, 3.63) is 77.7 Å². The van der Waals surface area contributed by atoms with Crippen molar-refractivity contribution in [1.29, 1.82) is 0 Å². The van der Waals surface area contributed by atoms with Crippen molar-refractivity contribution in [1.82, 2.24) is 4.98 Å². The van der Waals surface area contributed by atoms with E-state index in [9.17, 15) is 4.39 Å². The first kappa shape index (κ1) is 14.9. The van der Waals surface area contributed by atoms with Crippen molar-refractivity contribution in [3.8, 4) is 0 Å². The lowest BCUT2D eigenvalue weighted by Crippen LogP contribution is -1.94. The Bertz CT molecular complexity index is 870. The number of aromatic nitrogens is 1. The lowest BCUT2D eigenvalue weighted by Gasteiger charge is -2.06. The molecule has 3 aromatic rings. The molecule has 0 aliphatic heterocycles. The number of nitrogens with one attached hydrogen (secondary N) is 1. The minimum absolute atomic E-state index is 0.292. The van der Waals surface area contributed by atoms with Gasteiger partial charge in [-0.1, -0.05) is 36.4 Å². The molecule has 0 spiro atoms. The summed E-state index contributed by atoms with van der Waals surface area (Å²) in [5.41, 5.74) is 6.38. The van der Waals surface area contributed by atoms with E-state index in [1.165, 1.54) is 12.1 Å². The maximum absolute atomic E-state index is 13.4. The Morgan fingerprint density at radius 1 is 1.09 bits per heavy atom. The molecular weight excluding hydrogens is 289 g/mol. The van der Waals surface area contributed by atoms with Crippen LogP contribution in [0.2, 0.25) is 0 Å². The van der Waals surface area contributed by atoms with Gasteiger partial charge in [0.05, 0.1) is 11.2 Å². The standard InChI is InChI=1S/C19H16FN3/c1-14-12-19(17-13-16(20)9-10-18(17)22-14)23-21-11-5-8-15-6-3-2-4-7-15/h2-13H,1H3,(H,22,23)/b8-5+,21-11+. The average molecular weight is 305 g/mol. The van der Waals surface area contributed by atoms with E-state index in [4.69, 9.17) is 0 Å². The Hall–Kier alpha value is -3.01. The second kappa shape index (κ2) is 6.83. The molecule has 1 heterocycles. The van der Waals surface area contributed by atoms with Gasteiger partial charge in [-0.2, -0.15) is 5.10 Å². The highest BCUT2D eigenvalue weighted by Crippen LogP contribution is 2.24. The van der Waals surface area contributed by atoms with Gasteiger partial charge >= 0.3 is 0 Å². The molecule has 0 unspecified atom stereocenters. The van der Waals surface area contributed by atoms with Crippen LogP contribution in [-0.2, 0) is 0 Å². The Morgan fingerprint density at radius 3 is 2.74 bits per heavy atom. The first-order valence-corrected chi connectivity index (χ1v) is 7.30. The number of aryl methyl sites for hydroxylation is 1. The van der Waals surface area contributed by atoms with Gasteiger partial charge in [-0.05, 0) is 42.8 Å². The Morgan fingerprint density at radius 2 is 1.91 bits per heavy atom. The highest BCUT2D eigenvalue weighted by molar-refractivity contribution is 5.92. The lowest BCUT2D eigenvalue weighted by molar-refractivity contribution is 0.629. The normalized spacial score (nSPS) is 11.6. The topological polar surface area (TPSA) is 37.3 Å². The number of fused-ring (bicyclic) bond motifs is 1. The van der Waals surface area contributed by atoms with Gasteiger partial charge in [0.15, 0.2) is 0 Å². The predicted molar refractivity (Wildman–Crippen MR) is 94.0 cm³/mol. The SMILES string of the molecule is Cc1cc(N/N=C/C=C/c2ccccc2)c2cc(F)ccc2n1. The number of anilines is 1. The number of hydrogen-bond acceptors (Lipinski definition) is 3. The van der Waals surface area contributed by atoms with Crippen LogP contribution in [0.1, 0.15) is 11.3 Å². The van der Waals surface area contributed by atoms with Gasteiger partial charge in [-0.3, -0.25) is 10.4 Å². The summed E-state index contributed by atoms with van der Waals surface area (Å²) in [6, 6.07) is 16.3. The van der Waals surface area contributed by atoms with Gasteiger partial charge in [-0.25, -0.2) is 4.39 Å². The van der Waals surface area contributed by atoms with E-state index in [0.29, 0.717) is 5.39 Å². The second-order valence-electron chi connectivity index (χ2n) is 5.13. The summed E-state index contributed by atoms with van der Waals surface area (Å²) < 4.78 is 13.4. The first-order chi connectivity index (χ1) is 11.2. The highest BCUT2D eigenvalue weighted by Gasteiger charge is 2.04. The van der Waals surface area contributed by atoms with E-state index in [2.05, 4.69) is 15.5 Å². The van der Waals surface area contributed by atoms with E-state index in [0.717, 1.165) is 22.5 Å². The van der Waals surface area contributed by atoms with Crippen LogP contribution in [0.3, 0.4) is 0 Å². The lowest BCUT2D eigenvalue weighted by atomic mass is 10.1. The van der Waals surface area contributed by atoms with Crippen LogP contribution >= 0.6 is 0 Å². The molecular formula is C19H16FN3. The van der Waals surface area contributed by atoms with Crippen LogP contribution in [-0.4, -0.2) is 11.2 Å². The zero-order chi connectivity index (χ0) is 16.1. The average Bonchev–Trinajstić information content (AvgIpc) is 2.56. The molecule has 0 amide bonds. The summed E-state index contributed by atoms with van der Waals surface area (Å²) in [5, 5.41) is 4.87. The van der Waals surface area contributed by atoms with Gasteiger partial charge in [0.2, 0.25) is 0 Å². The molecule has 0 aliphatic carbocycles. The van der Waals surface area contributed by atoms with Gasteiger partial charge in [0, 0.05) is 17.3 Å². The van der Waals surface area contributed by atoms with Crippen LogP contribution in [0, 0.1) is 12.7 Å². The molecule has 2 aromatic carbocycles. The number of hydrazone groups is 1. The van der Waals surface area contributed by atoms with Gasteiger partial charge < -0.3 is 0 Å². The summed E-state index contributed by atoms with van der Waals surface area (Å²) in [7, 11) is 0. The summed E-state index contributed by atoms with van der Waals surface area (Å²) in [4.78, 5) is 4.39. The van der Waals surface area contributed by atoms with Gasteiger partial charge in [0.1, 0.15) is 5.82 Å². The maximum atomic E-state index is 13.4. The summed E-state index contributed by atoms with van der Waals surface area (Å²) in [6.45, 7) is 1.90. The van der Waals surface area contributed by atoms with Crippen LogP contribution in [0.25, 0.3) is 17.0 Å². The zero-order valence-corrected chi connectivity index (χ0v) is 12.7. The maximum Gasteiger partial charge on any atom is 0.124 e. The van der Waals surface area contributed by atoms with Crippen molar-refractivity contribution < 1.29 is 4.39 Å². The molecule has 0 saturated carbocycles. The second-order valence-corrected chi connectivity index (χ2v) is 5.13. The Labute approximate surface area is 134 Å². The fraction of sp³-hybridized carbons (Fsp3) is 0.0526. The third-order valence-electron chi connectivity index (χ3n) is 3.33. The quantitative estimate of drug-likeness (QED) is 0.555. The molecule has 0 aliphatic rings. The highest BCUT2D eigenvalue weighted by atomic mass is 19.1. The number of rotatable bonds is 4. The van der Waals surface area contributed by atoms with E-state index >= 15 is 0 Å². The van der Waals surface area contributed by atoms with Crippen molar-refractivity contribution in [2.45, 2.75) is 6.92 Å². The fourth-order valence-corrected chi connectivity index (χ4v) is 2.29. The molecule has 114 valence electrons. The van der Waals surface area contributed by atoms with Crippen LogP contribution in [0.5, 0.6) is 0 Å². The largest absolute Gasteiger partial charge is 0.278 e. The third-order valence-corrected chi connectivity index (χ3v) is 3.33. The van der Waals surface area contributed by atoms with E-state index < -0.39 is 0 Å². The molecule has 3 rings (SSSR count). The molecule has 3 nitrogen and oxygen atoms in total. The molecule has 1 aromatic heterocycles. The van der Waals surface area contributed by atoms with E-state index in [-0.39, 0.29) is 5.82 Å². The molecule has 23 heavy (non-hydrogen) atoms.